The van der Waals surface area contributed by atoms with Gasteiger partial charge in [-0.05, 0) is 48.7 Å². The van der Waals surface area contributed by atoms with Gasteiger partial charge < -0.3 is 28.8 Å². The van der Waals surface area contributed by atoms with Crippen molar-refractivity contribution in [3.8, 4) is 5.75 Å². The lowest BCUT2D eigenvalue weighted by Gasteiger charge is -2.15. The molecular weight excluding hydrogens is 515 g/mol. The molecule has 0 spiro atoms. The van der Waals surface area contributed by atoms with Crippen LogP contribution < -0.4 is 10.5 Å². The van der Waals surface area contributed by atoms with E-state index in [1.54, 1.807) is 26.0 Å². The van der Waals surface area contributed by atoms with E-state index in [0.717, 1.165) is 27.0 Å². The number of methoxy groups -OCH3 is 1. The number of carbonyl (C=O) groups is 1. The molecule has 2 N–H and O–H groups in total. The molecule has 0 fully saturated rings. The summed E-state index contributed by atoms with van der Waals surface area (Å²) in [7, 11) is 1.84. The summed E-state index contributed by atoms with van der Waals surface area (Å²) in [6.07, 6.45) is 3.87. The number of pyridine rings is 1. The first-order valence-electron chi connectivity index (χ1n) is 11.6. The normalized spacial score (nSPS) is 11.6. The molecule has 0 aliphatic heterocycles. The van der Waals surface area contributed by atoms with Crippen molar-refractivity contribution >= 4 is 26.8 Å². The molecule has 1 amide bonds. The fourth-order valence-electron chi connectivity index (χ4n) is 3.18. The quantitative estimate of drug-likeness (QED) is 0.166. The summed E-state index contributed by atoms with van der Waals surface area (Å²) < 4.78 is 29.5. The van der Waals surface area contributed by atoms with E-state index in [4.69, 9.17) is 32.8 Å². The van der Waals surface area contributed by atoms with E-state index in [2.05, 4.69) is 35.2 Å². The average Bonchev–Trinajstić information content (AvgIpc) is 3.22. The number of benzene rings is 1. The molecule has 2 heterocycles. The minimum absolute atomic E-state index is 0.0445. The highest BCUT2D eigenvalue weighted by molar-refractivity contribution is 7.99. The summed E-state index contributed by atoms with van der Waals surface area (Å²) in [5.41, 5.74) is 6.36. The van der Waals surface area contributed by atoms with Crippen molar-refractivity contribution in [2.24, 2.45) is 5.73 Å². The Morgan fingerprint density at radius 1 is 1.16 bits per heavy atom. The van der Waals surface area contributed by atoms with Crippen LogP contribution in [0.2, 0.25) is 0 Å². The SMILES string of the molecule is CCOP(OC)OCOc1cccc(Sc2c(C(C)C)nc(COC)n2Cc2ccncc2)c1.NC=O. The smallest absolute Gasteiger partial charge is 0.335 e. The zero-order valence-electron chi connectivity index (χ0n) is 21.8. The third kappa shape index (κ3) is 10.0. The molecule has 0 saturated carbocycles. The van der Waals surface area contributed by atoms with Crippen LogP contribution in [-0.2, 0) is 36.3 Å². The third-order valence-electron chi connectivity index (χ3n) is 4.72. The summed E-state index contributed by atoms with van der Waals surface area (Å²) in [5.74, 6) is 1.86. The Kier molecular flexibility index (Phi) is 14.2. The van der Waals surface area contributed by atoms with Crippen LogP contribution >= 0.6 is 20.4 Å². The molecule has 3 rings (SSSR count). The number of hydrogen-bond acceptors (Lipinski definition) is 9. The number of imidazole rings is 1. The maximum atomic E-state index is 8.58. The van der Waals surface area contributed by atoms with Gasteiger partial charge in [0.15, 0.2) is 6.79 Å². The first-order valence-corrected chi connectivity index (χ1v) is 13.5. The van der Waals surface area contributed by atoms with Crippen molar-refractivity contribution in [1.29, 1.82) is 0 Å². The first-order chi connectivity index (χ1) is 18.0. The van der Waals surface area contributed by atoms with Crippen LogP contribution in [0.4, 0.5) is 0 Å². The molecule has 0 aliphatic carbocycles. The molecule has 12 heteroatoms. The van der Waals surface area contributed by atoms with Gasteiger partial charge in [-0.3, -0.25) is 14.3 Å². The van der Waals surface area contributed by atoms with Crippen molar-refractivity contribution < 1.29 is 27.8 Å². The van der Waals surface area contributed by atoms with E-state index >= 15 is 0 Å². The number of nitrogens with zero attached hydrogens (tertiary/aromatic N) is 3. The van der Waals surface area contributed by atoms with Gasteiger partial charge in [0.2, 0.25) is 6.41 Å². The molecule has 202 valence electrons. The van der Waals surface area contributed by atoms with Gasteiger partial charge in [0.1, 0.15) is 23.2 Å². The average molecular weight is 551 g/mol. The predicted molar refractivity (Wildman–Crippen MR) is 143 cm³/mol. The maximum Gasteiger partial charge on any atom is 0.335 e. The minimum atomic E-state index is -1.40. The van der Waals surface area contributed by atoms with Gasteiger partial charge >= 0.3 is 8.60 Å². The van der Waals surface area contributed by atoms with Crippen molar-refractivity contribution in [3.05, 3.63) is 65.9 Å². The number of aromatic nitrogens is 3. The topological polar surface area (TPSA) is 120 Å². The molecule has 0 bridgehead atoms. The van der Waals surface area contributed by atoms with Crippen LogP contribution in [0.5, 0.6) is 5.75 Å². The van der Waals surface area contributed by atoms with Gasteiger partial charge in [0.05, 0.1) is 18.8 Å². The molecule has 0 radical (unpaired) electrons. The molecule has 0 saturated heterocycles. The number of rotatable bonds is 14. The molecule has 2 aromatic heterocycles. The molecule has 0 aliphatic rings. The number of hydrogen-bond donors (Lipinski definition) is 1. The van der Waals surface area contributed by atoms with Gasteiger partial charge in [0.25, 0.3) is 0 Å². The molecule has 3 aromatic rings. The second kappa shape index (κ2) is 17.1. The molecule has 1 unspecified atom stereocenters. The highest BCUT2D eigenvalue weighted by Gasteiger charge is 2.21. The van der Waals surface area contributed by atoms with Gasteiger partial charge in [-0.1, -0.05) is 31.7 Å². The van der Waals surface area contributed by atoms with Gasteiger partial charge in [-0.25, -0.2) is 4.98 Å². The Morgan fingerprint density at radius 2 is 1.89 bits per heavy atom. The van der Waals surface area contributed by atoms with E-state index < -0.39 is 8.60 Å². The van der Waals surface area contributed by atoms with E-state index in [1.807, 2.05) is 49.6 Å². The lowest BCUT2D eigenvalue weighted by Crippen LogP contribution is -2.07. The Balaban J connectivity index is 0.00000153. The van der Waals surface area contributed by atoms with Gasteiger partial charge in [-0.2, -0.15) is 0 Å². The summed E-state index contributed by atoms with van der Waals surface area (Å²) in [6.45, 7) is 7.89. The third-order valence-corrected chi connectivity index (χ3v) is 6.92. The molecule has 1 aromatic carbocycles. The molecule has 1 atom stereocenters. The Labute approximate surface area is 223 Å². The van der Waals surface area contributed by atoms with Crippen LogP contribution in [0.25, 0.3) is 0 Å². The van der Waals surface area contributed by atoms with Crippen molar-refractivity contribution in [3.63, 3.8) is 0 Å². The number of carbonyl (C=O) groups excluding carboxylic acids is 1. The zero-order chi connectivity index (χ0) is 27.0. The van der Waals surface area contributed by atoms with Crippen molar-refractivity contribution in [2.75, 3.05) is 27.6 Å². The monoisotopic (exact) mass is 550 g/mol. The summed E-state index contributed by atoms with van der Waals surface area (Å²) in [5, 5.41) is 1.09. The fraction of sp³-hybridized carbons (Fsp3) is 0.400. The highest BCUT2D eigenvalue weighted by Crippen LogP contribution is 2.39. The van der Waals surface area contributed by atoms with Crippen LogP contribution in [0.15, 0.2) is 58.7 Å². The Bertz CT molecular complexity index is 1070. The van der Waals surface area contributed by atoms with Crippen LogP contribution in [0, 0.1) is 0 Å². The highest BCUT2D eigenvalue weighted by atomic mass is 32.2. The lowest BCUT2D eigenvalue weighted by atomic mass is 10.1. The van der Waals surface area contributed by atoms with Crippen LogP contribution in [-0.4, -0.2) is 48.6 Å². The lowest BCUT2D eigenvalue weighted by molar-refractivity contribution is -0.106. The van der Waals surface area contributed by atoms with Gasteiger partial charge in [0, 0.05) is 31.5 Å². The number of amides is 1. The fourth-order valence-corrected chi connectivity index (χ4v) is 5.03. The Morgan fingerprint density at radius 3 is 2.51 bits per heavy atom. The second-order valence-corrected chi connectivity index (χ2v) is 10.1. The summed E-state index contributed by atoms with van der Waals surface area (Å²) in [6, 6.07) is 12.0. The standard InChI is InChI=1S/C24H32N3O5PS.CH3NO/c1-6-31-33(29-5)32-17-30-20-8-7-9-21(14-20)34-24-23(18(2)3)26-22(16-28-4)27(24)15-19-10-12-25-13-11-19;2-1-3/h7-14,18H,6,15-17H2,1-5H3;1H,(H2,2,3). The predicted octanol–water partition coefficient (Wildman–Crippen LogP) is 5.11. The maximum absolute atomic E-state index is 8.58. The number of ether oxygens (including phenoxy) is 2. The summed E-state index contributed by atoms with van der Waals surface area (Å²) in [4.78, 5) is 18.7. The van der Waals surface area contributed by atoms with Crippen molar-refractivity contribution in [1.82, 2.24) is 14.5 Å². The van der Waals surface area contributed by atoms with Crippen LogP contribution in [0.1, 0.15) is 43.8 Å². The largest absolute Gasteiger partial charge is 0.467 e. The second-order valence-electron chi connectivity index (χ2n) is 7.68. The van der Waals surface area contributed by atoms with E-state index in [-0.39, 0.29) is 19.1 Å². The van der Waals surface area contributed by atoms with E-state index in [9.17, 15) is 0 Å². The molecule has 10 nitrogen and oxygen atoms in total. The van der Waals surface area contributed by atoms with Crippen molar-refractivity contribution in [2.45, 2.75) is 49.8 Å². The van der Waals surface area contributed by atoms with E-state index in [1.165, 1.54) is 0 Å². The first kappa shape index (κ1) is 30.7. The molecule has 37 heavy (non-hydrogen) atoms. The van der Waals surface area contributed by atoms with Crippen LogP contribution in [0.3, 0.4) is 0 Å². The zero-order valence-corrected chi connectivity index (χ0v) is 23.5. The minimum Gasteiger partial charge on any atom is -0.467 e. The van der Waals surface area contributed by atoms with Gasteiger partial charge in [-0.15, -0.1) is 0 Å². The van der Waals surface area contributed by atoms with E-state index in [0.29, 0.717) is 25.5 Å². The number of primary amides is 1. The summed E-state index contributed by atoms with van der Waals surface area (Å²) >= 11 is 1.66. The molecular formula is C25H35N4O6PS. The number of nitrogens with two attached hydrogens (primary N) is 1. The Hall–Kier alpha value is -2.53.